The standard InChI is InChI=1S/C12H14F3NO3/c1-11(19,10(17)18)7-16-6-8-4-2-3-5-9(8)12(13,14)15/h2-5,16,19H,6-7H2,1H3,(H,17,18). The highest BCUT2D eigenvalue weighted by Gasteiger charge is 2.33. The summed E-state index contributed by atoms with van der Waals surface area (Å²) in [7, 11) is 0. The molecule has 106 valence electrons. The van der Waals surface area contributed by atoms with Crippen molar-refractivity contribution in [1.82, 2.24) is 5.32 Å². The van der Waals surface area contributed by atoms with E-state index in [1.165, 1.54) is 18.2 Å². The first kappa shape index (κ1) is 15.5. The van der Waals surface area contributed by atoms with E-state index in [2.05, 4.69) is 5.32 Å². The zero-order valence-electron chi connectivity index (χ0n) is 10.2. The van der Waals surface area contributed by atoms with Gasteiger partial charge in [0.25, 0.3) is 0 Å². The molecule has 7 heteroatoms. The van der Waals surface area contributed by atoms with Crippen LogP contribution in [0.4, 0.5) is 13.2 Å². The van der Waals surface area contributed by atoms with Crippen molar-refractivity contribution in [2.24, 2.45) is 0 Å². The van der Waals surface area contributed by atoms with Crippen molar-refractivity contribution in [2.75, 3.05) is 6.54 Å². The molecule has 1 aromatic carbocycles. The van der Waals surface area contributed by atoms with E-state index in [4.69, 9.17) is 5.11 Å². The summed E-state index contributed by atoms with van der Waals surface area (Å²) in [5, 5.41) is 20.6. The zero-order chi connectivity index (χ0) is 14.7. The first-order valence-electron chi connectivity index (χ1n) is 5.46. The Bertz CT molecular complexity index is 458. The van der Waals surface area contributed by atoms with Crippen LogP contribution in [-0.4, -0.2) is 28.3 Å². The first-order chi connectivity index (χ1) is 8.64. The van der Waals surface area contributed by atoms with Crippen LogP contribution in [0.5, 0.6) is 0 Å². The molecule has 0 spiro atoms. The van der Waals surface area contributed by atoms with Crippen molar-refractivity contribution in [3.05, 3.63) is 35.4 Å². The average molecular weight is 277 g/mol. The Hall–Kier alpha value is -1.60. The predicted molar refractivity (Wildman–Crippen MR) is 61.4 cm³/mol. The van der Waals surface area contributed by atoms with Gasteiger partial charge in [0.1, 0.15) is 0 Å². The van der Waals surface area contributed by atoms with Crippen LogP contribution in [0.1, 0.15) is 18.1 Å². The quantitative estimate of drug-likeness (QED) is 0.765. The van der Waals surface area contributed by atoms with Gasteiger partial charge in [-0.2, -0.15) is 13.2 Å². The summed E-state index contributed by atoms with van der Waals surface area (Å²) < 4.78 is 38.0. The van der Waals surface area contributed by atoms with Crippen molar-refractivity contribution in [3.63, 3.8) is 0 Å². The lowest BCUT2D eigenvalue weighted by atomic mass is 10.1. The van der Waals surface area contributed by atoms with Crippen molar-refractivity contribution in [1.29, 1.82) is 0 Å². The molecule has 3 N–H and O–H groups in total. The van der Waals surface area contributed by atoms with Gasteiger partial charge in [0.15, 0.2) is 5.60 Å². The Morgan fingerprint density at radius 2 is 1.89 bits per heavy atom. The van der Waals surface area contributed by atoms with E-state index in [9.17, 15) is 23.1 Å². The van der Waals surface area contributed by atoms with Crippen LogP contribution in [-0.2, 0) is 17.5 Å². The molecule has 0 fully saturated rings. The average Bonchev–Trinajstić information content (AvgIpc) is 2.27. The van der Waals surface area contributed by atoms with Crippen LogP contribution >= 0.6 is 0 Å². The summed E-state index contributed by atoms with van der Waals surface area (Å²) in [4.78, 5) is 10.6. The third kappa shape index (κ3) is 4.22. The molecular formula is C12H14F3NO3. The molecule has 0 saturated heterocycles. The summed E-state index contributed by atoms with van der Waals surface area (Å²) in [5.41, 5.74) is -2.80. The topological polar surface area (TPSA) is 69.6 Å². The van der Waals surface area contributed by atoms with Gasteiger partial charge in [0.2, 0.25) is 0 Å². The molecule has 0 aliphatic heterocycles. The van der Waals surface area contributed by atoms with E-state index >= 15 is 0 Å². The predicted octanol–water partition coefficient (Wildman–Crippen LogP) is 1.63. The number of rotatable bonds is 5. The summed E-state index contributed by atoms with van der Waals surface area (Å²) >= 11 is 0. The number of nitrogens with one attached hydrogen (secondary N) is 1. The largest absolute Gasteiger partial charge is 0.479 e. The number of carboxylic acids is 1. The summed E-state index contributed by atoms with van der Waals surface area (Å²) in [6.45, 7) is 0.533. The van der Waals surface area contributed by atoms with Gasteiger partial charge in [-0.15, -0.1) is 0 Å². The molecule has 0 heterocycles. The Labute approximate surface area is 107 Å². The Balaban J connectivity index is 2.72. The van der Waals surface area contributed by atoms with Crippen LogP contribution in [0.2, 0.25) is 0 Å². The fourth-order valence-electron chi connectivity index (χ4n) is 1.47. The molecule has 0 amide bonds. The number of aliphatic carboxylic acids is 1. The van der Waals surface area contributed by atoms with E-state index < -0.39 is 23.3 Å². The van der Waals surface area contributed by atoms with E-state index in [-0.39, 0.29) is 18.7 Å². The van der Waals surface area contributed by atoms with Crippen LogP contribution in [0.25, 0.3) is 0 Å². The SMILES string of the molecule is CC(O)(CNCc1ccccc1C(F)(F)F)C(=O)O. The molecular weight excluding hydrogens is 263 g/mol. The number of hydrogen-bond acceptors (Lipinski definition) is 3. The van der Waals surface area contributed by atoms with E-state index in [0.717, 1.165) is 13.0 Å². The minimum atomic E-state index is -4.46. The third-order valence-corrected chi connectivity index (χ3v) is 2.57. The van der Waals surface area contributed by atoms with Gasteiger partial charge in [-0.1, -0.05) is 18.2 Å². The highest BCUT2D eigenvalue weighted by Crippen LogP contribution is 2.31. The normalized spacial score (nSPS) is 15.0. The van der Waals surface area contributed by atoms with E-state index in [1.54, 1.807) is 0 Å². The lowest BCUT2D eigenvalue weighted by Gasteiger charge is -2.19. The maximum Gasteiger partial charge on any atom is 0.416 e. The maximum absolute atomic E-state index is 12.7. The second-order valence-electron chi connectivity index (χ2n) is 4.34. The van der Waals surface area contributed by atoms with Crippen LogP contribution in [0.3, 0.4) is 0 Å². The smallest absolute Gasteiger partial charge is 0.416 e. The summed E-state index contributed by atoms with van der Waals surface area (Å²) in [6.07, 6.45) is -4.46. The van der Waals surface area contributed by atoms with Gasteiger partial charge in [-0.25, -0.2) is 4.79 Å². The number of carboxylic acid groups (broad SMARTS) is 1. The molecule has 4 nitrogen and oxygen atoms in total. The van der Waals surface area contributed by atoms with Gasteiger partial charge < -0.3 is 15.5 Å². The Morgan fingerprint density at radius 1 is 1.32 bits per heavy atom. The molecule has 0 aromatic heterocycles. The Kier molecular flexibility index (Phi) is 4.54. The van der Waals surface area contributed by atoms with Crippen molar-refractivity contribution >= 4 is 5.97 Å². The lowest BCUT2D eigenvalue weighted by molar-refractivity contribution is -0.156. The molecule has 0 aliphatic carbocycles. The number of carbonyl (C=O) groups is 1. The minimum absolute atomic E-state index is 0.00353. The number of alkyl halides is 3. The monoisotopic (exact) mass is 277 g/mol. The molecule has 0 bridgehead atoms. The number of benzene rings is 1. The molecule has 1 aromatic rings. The maximum atomic E-state index is 12.7. The van der Waals surface area contributed by atoms with Crippen molar-refractivity contribution in [2.45, 2.75) is 25.2 Å². The number of halogens is 3. The number of aliphatic hydroxyl groups is 1. The van der Waals surface area contributed by atoms with E-state index in [0.29, 0.717) is 0 Å². The molecule has 1 unspecified atom stereocenters. The third-order valence-electron chi connectivity index (χ3n) is 2.57. The number of hydrogen-bond donors (Lipinski definition) is 3. The molecule has 0 radical (unpaired) electrons. The molecule has 1 rings (SSSR count). The van der Waals surface area contributed by atoms with Crippen molar-refractivity contribution in [3.8, 4) is 0 Å². The van der Waals surface area contributed by atoms with Crippen LogP contribution < -0.4 is 5.32 Å². The Morgan fingerprint density at radius 3 is 2.42 bits per heavy atom. The molecule has 0 aliphatic rings. The summed E-state index contributed by atoms with van der Waals surface area (Å²) in [6, 6.07) is 4.99. The molecule has 1 atom stereocenters. The van der Waals surface area contributed by atoms with Gasteiger partial charge in [0, 0.05) is 13.1 Å². The molecule has 0 saturated carbocycles. The molecule has 19 heavy (non-hydrogen) atoms. The first-order valence-corrected chi connectivity index (χ1v) is 5.46. The van der Waals surface area contributed by atoms with Gasteiger partial charge in [-0.3, -0.25) is 0 Å². The van der Waals surface area contributed by atoms with Gasteiger partial charge in [0.05, 0.1) is 5.56 Å². The fraction of sp³-hybridized carbons (Fsp3) is 0.417. The van der Waals surface area contributed by atoms with Gasteiger partial charge in [-0.05, 0) is 18.6 Å². The van der Waals surface area contributed by atoms with E-state index in [1.807, 2.05) is 0 Å². The van der Waals surface area contributed by atoms with Crippen LogP contribution in [0, 0.1) is 0 Å². The zero-order valence-corrected chi connectivity index (χ0v) is 10.2. The van der Waals surface area contributed by atoms with Crippen LogP contribution in [0.15, 0.2) is 24.3 Å². The fourth-order valence-corrected chi connectivity index (χ4v) is 1.47. The van der Waals surface area contributed by atoms with Gasteiger partial charge >= 0.3 is 12.1 Å². The minimum Gasteiger partial charge on any atom is -0.479 e. The second kappa shape index (κ2) is 5.58. The highest BCUT2D eigenvalue weighted by atomic mass is 19.4. The second-order valence-corrected chi connectivity index (χ2v) is 4.34. The summed E-state index contributed by atoms with van der Waals surface area (Å²) in [5.74, 6) is -1.44. The highest BCUT2D eigenvalue weighted by molar-refractivity contribution is 5.76. The van der Waals surface area contributed by atoms with Crippen molar-refractivity contribution < 1.29 is 28.2 Å². The lowest BCUT2D eigenvalue weighted by Crippen LogP contribution is -2.44.